The largest absolute Gasteiger partial charge is 0.489 e. The lowest BCUT2D eigenvalue weighted by Gasteiger charge is -2.44. The highest BCUT2D eigenvalue weighted by molar-refractivity contribution is 7.92. The van der Waals surface area contributed by atoms with Crippen LogP contribution in [0.4, 0.5) is 4.39 Å². The van der Waals surface area contributed by atoms with E-state index in [2.05, 4.69) is 0 Å². The Balaban J connectivity index is 1.36. The fourth-order valence-electron chi connectivity index (χ4n) is 7.30. The number of carboxylic acid groups (broad SMARTS) is 1. The number of carbonyl (C=O) groups is 2. The summed E-state index contributed by atoms with van der Waals surface area (Å²) in [6.07, 6.45) is 1.09. The average molecular weight is 677 g/mol. The lowest BCUT2D eigenvalue weighted by molar-refractivity contribution is -0.160. The first-order chi connectivity index (χ1) is 21.4. The normalized spacial score (nSPS) is 26.2. The summed E-state index contributed by atoms with van der Waals surface area (Å²) in [5, 5.41) is 21.9. The van der Waals surface area contributed by atoms with Gasteiger partial charge in [0.25, 0.3) is 5.91 Å². The summed E-state index contributed by atoms with van der Waals surface area (Å²) in [4.78, 5) is 26.9. The standard InChI is InChI=1S/C33H32Cl2FNO7S/c34-23-2-9-28(35)22(17-23)19-44-25-5-8-27-21(18-25)1-10-29-33(27,45(42,43)26-6-3-24(36)4-7-26)15-16-37(29)31(40)32(41)13-11-20(12-14-32)30(38)39/h2-9,17-18,20,29,41H,1,10-16,19H2,(H,38,39)/t20-,29-,32+,33-/m1/s1. The van der Waals surface area contributed by atoms with Gasteiger partial charge in [-0.3, -0.25) is 9.59 Å². The highest BCUT2D eigenvalue weighted by Gasteiger charge is 2.62. The summed E-state index contributed by atoms with van der Waals surface area (Å²) in [6.45, 7) is 0.225. The maximum absolute atomic E-state index is 14.6. The van der Waals surface area contributed by atoms with Crippen LogP contribution in [0, 0.1) is 11.7 Å². The minimum absolute atomic E-state index is 0.0162. The molecule has 2 N–H and O–H groups in total. The van der Waals surface area contributed by atoms with Crippen molar-refractivity contribution in [2.75, 3.05) is 6.54 Å². The number of ether oxygens (including phenoxy) is 1. The number of sulfone groups is 1. The molecule has 3 aliphatic rings. The van der Waals surface area contributed by atoms with E-state index in [1.165, 1.54) is 17.0 Å². The Labute approximate surface area is 270 Å². The number of aryl methyl sites for hydroxylation is 1. The molecule has 3 aromatic carbocycles. The number of carbonyl (C=O) groups excluding carboxylic acids is 1. The number of aliphatic hydroxyl groups is 1. The number of amides is 1. The maximum atomic E-state index is 14.6. The van der Waals surface area contributed by atoms with Crippen LogP contribution >= 0.6 is 23.2 Å². The van der Waals surface area contributed by atoms with Gasteiger partial charge in [-0.2, -0.15) is 0 Å². The van der Waals surface area contributed by atoms with Crippen LogP contribution in [0.5, 0.6) is 5.75 Å². The topological polar surface area (TPSA) is 121 Å². The van der Waals surface area contributed by atoms with Crippen molar-refractivity contribution in [3.63, 3.8) is 0 Å². The van der Waals surface area contributed by atoms with Crippen LogP contribution in [0.3, 0.4) is 0 Å². The first kappa shape index (κ1) is 31.8. The van der Waals surface area contributed by atoms with Crippen LogP contribution in [0.25, 0.3) is 0 Å². The molecule has 2 atom stereocenters. The summed E-state index contributed by atoms with van der Waals surface area (Å²) in [5.74, 6) is -2.24. The van der Waals surface area contributed by atoms with E-state index in [9.17, 15) is 32.6 Å². The molecule has 1 amide bonds. The summed E-state index contributed by atoms with van der Waals surface area (Å²) in [7, 11) is -4.20. The average Bonchev–Trinajstić information content (AvgIpc) is 3.43. The highest BCUT2D eigenvalue weighted by atomic mass is 35.5. The van der Waals surface area contributed by atoms with Gasteiger partial charge in [-0.1, -0.05) is 29.3 Å². The smallest absolute Gasteiger partial charge is 0.306 e. The summed E-state index contributed by atoms with van der Waals surface area (Å²) < 4.78 is 47.6. The van der Waals surface area contributed by atoms with Gasteiger partial charge in [-0.25, -0.2) is 12.8 Å². The van der Waals surface area contributed by atoms with Gasteiger partial charge in [-0.05, 0) is 111 Å². The minimum Gasteiger partial charge on any atom is -0.489 e. The Morgan fingerprint density at radius 3 is 2.38 bits per heavy atom. The van der Waals surface area contributed by atoms with E-state index >= 15 is 0 Å². The van der Waals surface area contributed by atoms with Crippen molar-refractivity contribution in [2.24, 2.45) is 5.92 Å². The number of halogens is 3. The number of hydrogen-bond donors (Lipinski definition) is 2. The van der Waals surface area contributed by atoms with Crippen LogP contribution < -0.4 is 4.74 Å². The van der Waals surface area contributed by atoms with E-state index in [1.807, 2.05) is 0 Å². The molecule has 45 heavy (non-hydrogen) atoms. The number of likely N-dealkylation sites (tertiary alicyclic amines) is 1. The van der Waals surface area contributed by atoms with Crippen molar-refractivity contribution in [3.05, 3.63) is 93.2 Å². The quantitative estimate of drug-likeness (QED) is 0.298. The lowest BCUT2D eigenvalue weighted by Crippen LogP contribution is -2.57. The minimum atomic E-state index is -4.20. The molecule has 0 aromatic heterocycles. The van der Waals surface area contributed by atoms with Gasteiger partial charge in [0.2, 0.25) is 0 Å². The molecule has 8 nitrogen and oxygen atoms in total. The molecule has 6 rings (SSSR count). The Bertz CT molecular complexity index is 1760. The second-order valence-electron chi connectivity index (χ2n) is 12.1. The molecule has 1 heterocycles. The number of fused-ring (bicyclic) bond motifs is 3. The van der Waals surface area contributed by atoms with Crippen LogP contribution in [0.15, 0.2) is 65.6 Å². The third-order valence-electron chi connectivity index (χ3n) is 9.68. The SMILES string of the molecule is O=C(O)[C@H]1CC[C@](O)(C(=O)N2CC[C@@]3(S(=O)(=O)c4ccc(F)cc4)c4ccc(OCc5cc(Cl)ccc5Cl)cc4CC[C@@H]23)CC1. The summed E-state index contributed by atoms with van der Waals surface area (Å²) in [5.41, 5.74) is 0.202. The molecule has 2 aliphatic carbocycles. The number of rotatable bonds is 7. The second kappa shape index (κ2) is 11.9. The predicted octanol–water partition coefficient (Wildman–Crippen LogP) is 5.93. The highest BCUT2D eigenvalue weighted by Crippen LogP contribution is 2.54. The van der Waals surface area contributed by atoms with Crippen LogP contribution in [0.1, 0.15) is 55.2 Å². The monoisotopic (exact) mass is 675 g/mol. The molecule has 238 valence electrons. The molecule has 1 saturated carbocycles. The second-order valence-corrected chi connectivity index (χ2v) is 15.2. The van der Waals surface area contributed by atoms with E-state index in [1.54, 1.807) is 36.4 Å². The zero-order chi connectivity index (χ0) is 32.1. The van der Waals surface area contributed by atoms with Crippen LogP contribution in [-0.2, 0) is 37.2 Å². The first-order valence-corrected chi connectivity index (χ1v) is 17.1. The van der Waals surface area contributed by atoms with Crippen LogP contribution in [-0.4, -0.2) is 53.6 Å². The van der Waals surface area contributed by atoms with Crippen molar-refractivity contribution < 1.29 is 37.3 Å². The first-order valence-electron chi connectivity index (χ1n) is 14.8. The molecule has 12 heteroatoms. The molecule has 0 spiro atoms. The molecule has 0 bridgehead atoms. The Morgan fingerprint density at radius 2 is 1.69 bits per heavy atom. The number of hydrogen-bond acceptors (Lipinski definition) is 6. The van der Waals surface area contributed by atoms with Crippen molar-refractivity contribution in [1.82, 2.24) is 4.90 Å². The van der Waals surface area contributed by atoms with Crippen LogP contribution in [0.2, 0.25) is 10.0 Å². The zero-order valence-electron chi connectivity index (χ0n) is 24.2. The Hall–Kier alpha value is -3.18. The van der Waals surface area contributed by atoms with Crippen molar-refractivity contribution in [2.45, 2.75) is 72.8 Å². The van der Waals surface area contributed by atoms with Gasteiger partial charge >= 0.3 is 5.97 Å². The third-order valence-corrected chi connectivity index (χ3v) is 12.8. The molecule has 1 aliphatic heterocycles. The number of nitrogens with zero attached hydrogens (tertiary/aromatic N) is 1. The maximum Gasteiger partial charge on any atom is 0.306 e. The Morgan fingerprint density at radius 1 is 0.978 bits per heavy atom. The number of carboxylic acids is 1. The third kappa shape index (κ3) is 5.49. The van der Waals surface area contributed by atoms with E-state index in [0.717, 1.165) is 17.7 Å². The van der Waals surface area contributed by atoms with Gasteiger partial charge in [0.1, 0.15) is 28.5 Å². The summed E-state index contributed by atoms with van der Waals surface area (Å²) >= 11 is 12.4. The van der Waals surface area contributed by atoms with Gasteiger partial charge in [0, 0.05) is 22.2 Å². The van der Waals surface area contributed by atoms with E-state index in [0.29, 0.717) is 39.8 Å². The van der Waals surface area contributed by atoms with Gasteiger partial charge in [-0.15, -0.1) is 0 Å². The molecular weight excluding hydrogens is 644 g/mol. The van der Waals surface area contributed by atoms with E-state index < -0.39 is 49.8 Å². The fourth-order valence-corrected chi connectivity index (χ4v) is 10.0. The molecule has 0 radical (unpaired) electrons. The van der Waals surface area contributed by atoms with Gasteiger partial charge < -0.3 is 19.8 Å². The Kier molecular flexibility index (Phi) is 8.39. The molecule has 1 saturated heterocycles. The molecular formula is C33H32Cl2FNO7S. The fraction of sp³-hybridized carbons (Fsp3) is 0.394. The molecule has 0 unspecified atom stereocenters. The van der Waals surface area contributed by atoms with Crippen molar-refractivity contribution >= 4 is 44.9 Å². The predicted molar refractivity (Wildman–Crippen MR) is 165 cm³/mol. The van der Waals surface area contributed by atoms with Gasteiger partial charge in [0.15, 0.2) is 9.84 Å². The van der Waals surface area contributed by atoms with Gasteiger partial charge in [0.05, 0.1) is 16.9 Å². The number of benzene rings is 3. The van der Waals surface area contributed by atoms with Crippen molar-refractivity contribution in [3.8, 4) is 5.75 Å². The number of aliphatic carboxylic acids is 1. The zero-order valence-corrected chi connectivity index (χ0v) is 26.5. The van der Waals surface area contributed by atoms with E-state index in [4.69, 9.17) is 27.9 Å². The summed E-state index contributed by atoms with van der Waals surface area (Å²) in [6, 6.07) is 14.2. The van der Waals surface area contributed by atoms with E-state index in [-0.39, 0.29) is 50.2 Å². The molecule has 2 fully saturated rings. The van der Waals surface area contributed by atoms with Crippen molar-refractivity contribution in [1.29, 1.82) is 0 Å². The lowest BCUT2D eigenvalue weighted by atomic mass is 9.76. The molecule has 3 aromatic rings.